The summed E-state index contributed by atoms with van der Waals surface area (Å²) >= 11 is 0. The standard InChI is InChI=1S/C17H25NO5/c1-20-14-9-12(10-15(21-2)17(14)22-3)11-16(19)18-7-6-13-5-4-8-23-13/h9-10,13H,4-8,11H2,1-3H3,(H,18,19)/t13-/m1/s1. The summed E-state index contributed by atoms with van der Waals surface area (Å²) in [5.74, 6) is 1.60. The van der Waals surface area contributed by atoms with Crippen molar-refractivity contribution in [1.29, 1.82) is 0 Å². The number of carbonyl (C=O) groups excluding carboxylic acids is 1. The molecule has 1 aliphatic heterocycles. The number of amides is 1. The quantitative estimate of drug-likeness (QED) is 0.792. The minimum atomic E-state index is -0.0303. The molecule has 128 valence electrons. The molecule has 2 rings (SSSR count). The number of nitrogens with one attached hydrogen (secondary N) is 1. The maximum absolute atomic E-state index is 12.1. The van der Waals surface area contributed by atoms with Crippen molar-refractivity contribution in [2.45, 2.75) is 31.8 Å². The number of hydrogen-bond acceptors (Lipinski definition) is 5. The first-order chi connectivity index (χ1) is 11.2. The lowest BCUT2D eigenvalue weighted by atomic mass is 10.1. The monoisotopic (exact) mass is 323 g/mol. The first-order valence-electron chi connectivity index (χ1n) is 7.85. The van der Waals surface area contributed by atoms with Crippen LogP contribution >= 0.6 is 0 Å². The predicted octanol–water partition coefficient (Wildman–Crippen LogP) is 1.94. The Hall–Kier alpha value is -1.95. The molecule has 1 aromatic rings. The molecular weight excluding hydrogens is 298 g/mol. The lowest BCUT2D eigenvalue weighted by Gasteiger charge is -2.14. The summed E-state index contributed by atoms with van der Waals surface area (Å²) in [6.45, 7) is 1.47. The summed E-state index contributed by atoms with van der Waals surface area (Å²) in [4.78, 5) is 12.1. The van der Waals surface area contributed by atoms with Crippen LogP contribution < -0.4 is 19.5 Å². The SMILES string of the molecule is COc1cc(CC(=O)NCC[C@H]2CCCO2)cc(OC)c1OC. The van der Waals surface area contributed by atoms with Gasteiger partial charge in [-0.2, -0.15) is 0 Å². The predicted molar refractivity (Wildman–Crippen MR) is 86.4 cm³/mol. The van der Waals surface area contributed by atoms with Crippen molar-refractivity contribution in [2.75, 3.05) is 34.5 Å². The molecule has 6 heteroatoms. The van der Waals surface area contributed by atoms with E-state index < -0.39 is 0 Å². The lowest BCUT2D eigenvalue weighted by Crippen LogP contribution is -2.28. The molecule has 1 saturated heterocycles. The molecule has 1 fully saturated rings. The molecule has 0 bridgehead atoms. The number of ether oxygens (including phenoxy) is 4. The van der Waals surface area contributed by atoms with E-state index in [4.69, 9.17) is 18.9 Å². The van der Waals surface area contributed by atoms with Crippen LogP contribution in [0.15, 0.2) is 12.1 Å². The van der Waals surface area contributed by atoms with E-state index in [2.05, 4.69) is 5.32 Å². The Labute approximate surface area is 137 Å². The van der Waals surface area contributed by atoms with Crippen LogP contribution in [-0.4, -0.2) is 46.5 Å². The second-order valence-corrected chi connectivity index (χ2v) is 5.48. The average molecular weight is 323 g/mol. The van der Waals surface area contributed by atoms with Gasteiger partial charge in [0.1, 0.15) is 0 Å². The molecule has 1 atom stereocenters. The van der Waals surface area contributed by atoms with Crippen molar-refractivity contribution in [3.05, 3.63) is 17.7 Å². The third kappa shape index (κ3) is 4.76. The zero-order valence-corrected chi connectivity index (χ0v) is 14.0. The van der Waals surface area contributed by atoms with E-state index in [1.807, 2.05) is 0 Å². The first-order valence-corrected chi connectivity index (χ1v) is 7.85. The molecule has 23 heavy (non-hydrogen) atoms. The van der Waals surface area contributed by atoms with Gasteiger partial charge < -0.3 is 24.3 Å². The Morgan fingerprint density at radius 1 is 1.22 bits per heavy atom. The Kier molecular flexibility index (Phi) is 6.52. The van der Waals surface area contributed by atoms with E-state index in [0.29, 0.717) is 23.8 Å². The van der Waals surface area contributed by atoms with Gasteiger partial charge in [0, 0.05) is 13.2 Å². The Bertz CT molecular complexity index is 501. The van der Waals surface area contributed by atoms with Crippen molar-refractivity contribution in [2.24, 2.45) is 0 Å². The normalized spacial score (nSPS) is 16.9. The summed E-state index contributed by atoms with van der Waals surface area (Å²) < 4.78 is 21.4. The molecule has 1 heterocycles. The highest BCUT2D eigenvalue weighted by Crippen LogP contribution is 2.38. The maximum atomic E-state index is 12.1. The number of rotatable bonds is 8. The third-order valence-electron chi connectivity index (χ3n) is 3.90. The summed E-state index contributed by atoms with van der Waals surface area (Å²) in [5, 5.41) is 2.93. The molecule has 0 saturated carbocycles. The van der Waals surface area contributed by atoms with E-state index in [0.717, 1.165) is 31.4 Å². The van der Waals surface area contributed by atoms with E-state index in [9.17, 15) is 4.79 Å². The van der Waals surface area contributed by atoms with E-state index >= 15 is 0 Å². The van der Waals surface area contributed by atoms with Crippen LogP contribution in [-0.2, 0) is 16.0 Å². The lowest BCUT2D eigenvalue weighted by molar-refractivity contribution is -0.120. The topological polar surface area (TPSA) is 66.0 Å². The van der Waals surface area contributed by atoms with Crippen LogP contribution in [0.2, 0.25) is 0 Å². The minimum Gasteiger partial charge on any atom is -0.493 e. The van der Waals surface area contributed by atoms with Crippen molar-refractivity contribution in [1.82, 2.24) is 5.32 Å². The maximum Gasteiger partial charge on any atom is 0.224 e. The van der Waals surface area contributed by atoms with Crippen LogP contribution in [0, 0.1) is 0 Å². The zero-order chi connectivity index (χ0) is 16.7. The van der Waals surface area contributed by atoms with Gasteiger partial charge in [-0.3, -0.25) is 4.79 Å². The summed E-state index contributed by atoms with van der Waals surface area (Å²) in [5.41, 5.74) is 0.814. The number of carbonyl (C=O) groups is 1. The smallest absolute Gasteiger partial charge is 0.224 e. The summed E-state index contributed by atoms with van der Waals surface area (Å²) in [7, 11) is 4.67. The highest BCUT2D eigenvalue weighted by Gasteiger charge is 2.17. The summed E-state index contributed by atoms with van der Waals surface area (Å²) in [6, 6.07) is 3.59. The number of hydrogen-bond donors (Lipinski definition) is 1. The average Bonchev–Trinajstić information content (AvgIpc) is 3.07. The fourth-order valence-electron chi connectivity index (χ4n) is 2.73. The van der Waals surface area contributed by atoms with Crippen molar-refractivity contribution < 1.29 is 23.7 Å². The Morgan fingerprint density at radius 3 is 2.43 bits per heavy atom. The van der Waals surface area contributed by atoms with Crippen molar-refractivity contribution >= 4 is 5.91 Å². The van der Waals surface area contributed by atoms with Gasteiger partial charge in [-0.25, -0.2) is 0 Å². The molecule has 1 amide bonds. The van der Waals surface area contributed by atoms with Crippen molar-refractivity contribution in [3.63, 3.8) is 0 Å². The fourth-order valence-corrected chi connectivity index (χ4v) is 2.73. The second kappa shape index (κ2) is 8.62. The minimum absolute atomic E-state index is 0.0303. The third-order valence-corrected chi connectivity index (χ3v) is 3.90. The molecule has 0 unspecified atom stereocenters. The van der Waals surface area contributed by atoms with Crippen LogP contribution in [0.25, 0.3) is 0 Å². The van der Waals surface area contributed by atoms with Gasteiger partial charge in [-0.05, 0) is 37.0 Å². The van der Waals surface area contributed by atoms with Gasteiger partial charge in [0.15, 0.2) is 11.5 Å². The van der Waals surface area contributed by atoms with Crippen LogP contribution in [0.3, 0.4) is 0 Å². The highest BCUT2D eigenvalue weighted by molar-refractivity contribution is 5.79. The van der Waals surface area contributed by atoms with Gasteiger partial charge in [0.25, 0.3) is 0 Å². The van der Waals surface area contributed by atoms with Gasteiger partial charge in [0.2, 0.25) is 11.7 Å². The van der Waals surface area contributed by atoms with Gasteiger partial charge in [0.05, 0.1) is 33.9 Å². The van der Waals surface area contributed by atoms with E-state index in [-0.39, 0.29) is 18.4 Å². The molecule has 1 N–H and O–H groups in total. The van der Waals surface area contributed by atoms with Gasteiger partial charge >= 0.3 is 0 Å². The van der Waals surface area contributed by atoms with E-state index in [1.165, 1.54) is 0 Å². The Balaban J connectivity index is 1.91. The molecule has 1 aromatic carbocycles. The molecule has 0 radical (unpaired) electrons. The highest BCUT2D eigenvalue weighted by atomic mass is 16.5. The zero-order valence-electron chi connectivity index (χ0n) is 14.0. The first kappa shape index (κ1) is 17.4. The van der Waals surface area contributed by atoms with Gasteiger partial charge in [-0.15, -0.1) is 0 Å². The van der Waals surface area contributed by atoms with E-state index in [1.54, 1.807) is 33.5 Å². The molecule has 0 aliphatic carbocycles. The molecule has 1 aliphatic rings. The van der Waals surface area contributed by atoms with Gasteiger partial charge in [-0.1, -0.05) is 0 Å². The molecule has 0 aromatic heterocycles. The second-order valence-electron chi connectivity index (χ2n) is 5.48. The molecule has 6 nitrogen and oxygen atoms in total. The number of benzene rings is 1. The Morgan fingerprint density at radius 2 is 1.91 bits per heavy atom. The van der Waals surface area contributed by atoms with Crippen molar-refractivity contribution in [3.8, 4) is 17.2 Å². The fraction of sp³-hybridized carbons (Fsp3) is 0.588. The number of methoxy groups -OCH3 is 3. The largest absolute Gasteiger partial charge is 0.493 e. The van der Waals surface area contributed by atoms with Crippen LogP contribution in [0.4, 0.5) is 0 Å². The molecular formula is C17H25NO5. The molecule has 0 spiro atoms. The van der Waals surface area contributed by atoms with Crippen LogP contribution in [0.5, 0.6) is 17.2 Å². The summed E-state index contributed by atoms with van der Waals surface area (Å²) in [6.07, 6.45) is 3.62. The van der Waals surface area contributed by atoms with Crippen LogP contribution in [0.1, 0.15) is 24.8 Å².